The van der Waals surface area contributed by atoms with Crippen molar-refractivity contribution >= 4 is 21.7 Å². The van der Waals surface area contributed by atoms with E-state index >= 15 is 0 Å². The number of rotatable bonds is 6. The zero-order valence-electron chi connectivity index (χ0n) is 10.3. The summed E-state index contributed by atoms with van der Waals surface area (Å²) in [5, 5.41) is 0. The average Bonchev–Trinajstić information content (AvgIpc) is 2.29. The molecule has 1 unspecified atom stereocenters. The smallest absolute Gasteiger partial charge is 0.139 e. The third kappa shape index (κ3) is 4.48. The lowest BCUT2D eigenvalue weighted by Crippen LogP contribution is -2.13. The first-order valence-corrected chi connectivity index (χ1v) is 6.23. The maximum atomic E-state index is 11.7. The molecule has 17 heavy (non-hydrogen) atoms. The van der Waals surface area contributed by atoms with Gasteiger partial charge in [-0.3, -0.25) is 4.79 Å². The summed E-state index contributed by atoms with van der Waals surface area (Å²) in [5.41, 5.74) is 0.978. The number of ether oxygens (including phenoxy) is 2. The Kier molecular flexibility index (Phi) is 5.65. The molecular formula is C13H17BrO3. The first-order chi connectivity index (χ1) is 8.06. The molecule has 3 nitrogen and oxygen atoms in total. The van der Waals surface area contributed by atoms with Crippen LogP contribution in [0.1, 0.15) is 18.9 Å². The van der Waals surface area contributed by atoms with Gasteiger partial charge in [-0.1, -0.05) is 6.07 Å². The maximum absolute atomic E-state index is 11.7. The largest absolute Gasteiger partial charge is 0.496 e. The minimum absolute atomic E-state index is 0.0239. The molecule has 1 rings (SSSR count). The molecule has 0 aliphatic rings. The number of benzene rings is 1. The normalized spacial score (nSPS) is 12.2. The highest BCUT2D eigenvalue weighted by Crippen LogP contribution is 2.25. The summed E-state index contributed by atoms with van der Waals surface area (Å²) < 4.78 is 11.1. The van der Waals surface area contributed by atoms with E-state index < -0.39 is 0 Å². The van der Waals surface area contributed by atoms with E-state index in [1.165, 1.54) is 0 Å². The number of carbonyl (C=O) groups excluding carboxylic acids is 1. The number of ketones is 1. The molecule has 0 radical (unpaired) electrons. The molecule has 4 heteroatoms. The SMILES string of the molecule is COc1ccc(CC(=O)CC(C)OC)cc1Br. The Hall–Kier alpha value is -0.870. The maximum Gasteiger partial charge on any atom is 0.139 e. The Morgan fingerprint density at radius 1 is 1.41 bits per heavy atom. The Morgan fingerprint density at radius 3 is 2.65 bits per heavy atom. The van der Waals surface area contributed by atoms with Gasteiger partial charge in [0.2, 0.25) is 0 Å². The van der Waals surface area contributed by atoms with Crippen LogP contribution >= 0.6 is 15.9 Å². The van der Waals surface area contributed by atoms with Crippen LogP contribution < -0.4 is 4.74 Å². The van der Waals surface area contributed by atoms with E-state index in [1.54, 1.807) is 14.2 Å². The zero-order valence-corrected chi connectivity index (χ0v) is 11.9. The molecule has 0 aromatic heterocycles. The van der Waals surface area contributed by atoms with Crippen molar-refractivity contribution in [2.24, 2.45) is 0 Å². The topological polar surface area (TPSA) is 35.5 Å². The summed E-state index contributed by atoms with van der Waals surface area (Å²) in [4.78, 5) is 11.7. The van der Waals surface area contributed by atoms with Crippen LogP contribution in [0, 0.1) is 0 Å². The molecule has 94 valence electrons. The summed E-state index contributed by atoms with van der Waals surface area (Å²) in [7, 11) is 3.23. The molecular weight excluding hydrogens is 284 g/mol. The molecule has 1 aromatic carbocycles. The quantitative estimate of drug-likeness (QED) is 0.810. The lowest BCUT2D eigenvalue weighted by atomic mass is 10.1. The van der Waals surface area contributed by atoms with Gasteiger partial charge in [0.05, 0.1) is 17.7 Å². The van der Waals surface area contributed by atoms with Crippen molar-refractivity contribution < 1.29 is 14.3 Å². The van der Waals surface area contributed by atoms with E-state index in [-0.39, 0.29) is 11.9 Å². The predicted octanol–water partition coefficient (Wildman–Crippen LogP) is 2.99. The van der Waals surface area contributed by atoms with E-state index in [2.05, 4.69) is 15.9 Å². The second kappa shape index (κ2) is 6.77. The van der Waals surface area contributed by atoms with Gasteiger partial charge in [-0.15, -0.1) is 0 Å². The molecule has 0 saturated heterocycles. The van der Waals surface area contributed by atoms with Gasteiger partial charge in [-0.2, -0.15) is 0 Å². The van der Waals surface area contributed by atoms with E-state index in [1.807, 2.05) is 25.1 Å². The lowest BCUT2D eigenvalue weighted by molar-refractivity contribution is -0.120. The molecule has 0 heterocycles. The minimum atomic E-state index is -0.0239. The molecule has 0 amide bonds. The van der Waals surface area contributed by atoms with Crippen molar-refractivity contribution in [2.75, 3.05) is 14.2 Å². The van der Waals surface area contributed by atoms with Gasteiger partial charge < -0.3 is 9.47 Å². The second-order valence-corrected chi connectivity index (χ2v) is 4.79. The number of halogens is 1. The average molecular weight is 301 g/mol. The highest BCUT2D eigenvalue weighted by molar-refractivity contribution is 9.10. The number of carbonyl (C=O) groups is 1. The third-order valence-corrected chi connectivity index (χ3v) is 3.15. The fraction of sp³-hybridized carbons (Fsp3) is 0.462. The van der Waals surface area contributed by atoms with Crippen LogP contribution in [0.25, 0.3) is 0 Å². The van der Waals surface area contributed by atoms with Crippen LogP contribution in [0.5, 0.6) is 5.75 Å². The molecule has 0 aliphatic carbocycles. The first-order valence-electron chi connectivity index (χ1n) is 5.43. The fourth-order valence-electron chi connectivity index (χ4n) is 1.52. The van der Waals surface area contributed by atoms with Crippen molar-refractivity contribution in [2.45, 2.75) is 25.9 Å². The molecule has 0 aliphatic heterocycles. The zero-order chi connectivity index (χ0) is 12.8. The van der Waals surface area contributed by atoms with Crippen LogP contribution in [-0.4, -0.2) is 26.1 Å². The van der Waals surface area contributed by atoms with Crippen LogP contribution in [0.3, 0.4) is 0 Å². The highest BCUT2D eigenvalue weighted by atomic mass is 79.9. The molecule has 0 N–H and O–H groups in total. The molecule has 1 atom stereocenters. The predicted molar refractivity (Wildman–Crippen MR) is 70.5 cm³/mol. The van der Waals surface area contributed by atoms with Gasteiger partial charge in [-0.25, -0.2) is 0 Å². The van der Waals surface area contributed by atoms with E-state index in [9.17, 15) is 4.79 Å². The Labute approximate surface area is 110 Å². The summed E-state index contributed by atoms with van der Waals surface area (Å²) in [6, 6.07) is 5.67. The molecule has 1 aromatic rings. The second-order valence-electron chi connectivity index (χ2n) is 3.93. The molecule has 0 bridgehead atoms. The Balaban J connectivity index is 2.63. The monoisotopic (exact) mass is 300 g/mol. The molecule has 0 fully saturated rings. The van der Waals surface area contributed by atoms with Crippen molar-refractivity contribution in [3.63, 3.8) is 0 Å². The van der Waals surface area contributed by atoms with Crippen LogP contribution in [0.2, 0.25) is 0 Å². The summed E-state index contributed by atoms with van der Waals surface area (Å²) >= 11 is 3.40. The number of hydrogen-bond acceptors (Lipinski definition) is 3. The highest BCUT2D eigenvalue weighted by Gasteiger charge is 2.10. The number of methoxy groups -OCH3 is 2. The summed E-state index contributed by atoms with van der Waals surface area (Å²) in [6.07, 6.45) is 0.848. The Bertz CT molecular complexity index is 390. The third-order valence-electron chi connectivity index (χ3n) is 2.53. The van der Waals surface area contributed by atoms with Gasteiger partial charge in [0.15, 0.2) is 0 Å². The summed E-state index contributed by atoms with van der Waals surface area (Å²) in [6.45, 7) is 1.89. The standard InChI is InChI=1S/C13H17BrO3/c1-9(16-2)6-11(15)7-10-4-5-13(17-3)12(14)8-10/h4-5,8-9H,6-7H2,1-3H3. The Morgan fingerprint density at radius 2 is 2.12 bits per heavy atom. The van der Waals surface area contributed by atoms with Gasteiger partial charge in [0, 0.05) is 20.0 Å². The fourth-order valence-corrected chi connectivity index (χ4v) is 2.11. The minimum Gasteiger partial charge on any atom is -0.496 e. The van der Waals surface area contributed by atoms with Crippen molar-refractivity contribution in [3.8, 4) is 5.75 Å². The molecule has 0 spiro atoms. The van der Waals surface area contributed by atoms with Crippen molar-refractivity contribution in [1.82, 2.24) is 0 Å². The van der Waals surface area contributed by atoms with Crippen molar-refractivity contribution in [1.29, 1.82) is 0 Å². The van der Waals surface area contributed by atoms with Crippen LogP contribution in [-0.2, 0) is 16.0 Å². The lowest BCUT2D eigenvalue weighted by Gasteiger charge is -2.09. The number of Topliss-reactive ketones (excluding diaryl/α,β-unsaturated/α-hetero) is 1. The van der Waals surface area contributed by atoms with E-state index in [0.29, 0.717) is 12.8 Å². The van der Waals surface area contributed by atoms with Gasteiger partial charge in [0.25, 0.3) is 0 Å². The molecule has 0 saturated carbocycles. The van der Waals surface area contributed by atoms with Gasteiger partial charge in [-0.05, 0) is 40.5 Å². The van der Waals surface area contributed by atoms with Gasteiger partial charge >= 0.3 is 0 Å². The van der Waals surface area contributed by atoms with Crippen molar-refractivity contribution in [3.05, 3.63) is 28.2 Å². The summed E-state index contributed by atoms with van der Waals surface area (Å²) in [5.74, 6) is 0.947. The van der Waals surface area contributed by atoms with Crippen LogP contribution in [0.4, 0.5) is 0 Å². The van der Waals surface area contributed by atoms with E-state index in [0.717, 1.165) is 15.8 Å². The van der Waals surface area contributed by atoms with Crippen LogP contribution in [0.15, 0.2) is 22.7 Å². The number of hydrogen-bond donors (Lipinski definition) is 0. The van der Waals surface area contributed by atoms with E-state index in [4.69, 9.17) is 9.47 Å². The van der Waals surface area contributed by atoms with Gasteiger partial charge in [0.1, 0.15) is 11.5 Å². The first kappa shape index (κ1) is 14.2.